The number of para-hydroxylation sites is 1. The Morgan fingerprint density at radius 2 is 1.73 bits per heavy atom. The molecule has 33 heavy (non-hydrogen) atoms. The highest BCUT2D eigenvalue weighted by Crippen LogP contribution is 2.30. The molecule has 1 saturated heterocycles. The largest absolute Gasteiger partial charge is 0.456 e. The fraction of sp³-hybridized carbons (Fsp3) is 0.125. The van der Waals surface area contributed by atoms with Crippen LogP contribution in [0.3, 0.4) is 0 Å². The Morgan fingerprint density at radius 3 is 2.39 bits per heavy atom. The lowest BCUT2D eigenvalue weighted by molar-refractivity contribution is -0.133. The van der Waals surface area contributed by atoms with Gasteiger partial charge in [0, 0.05) is 5.69 Å². The van der Waals surface area contributed by atoms with Crippen LogP contribution < -0.4 is 15.4 Å². The van der Waals surface area contributed by atoms with E-state index in [1.54, 1.807) is 48.5 Å². The molecule has 168 valence electrons. The summed E-state index contributed by atoms with van der Waals surface area (Å²) >= 11 is 6.08. The fourth-order valence-electron chi connectivity index (χ4n) is 3.42. The van der Waals surface area contributed by atoms with Crippen molar-refractivity contribution in [3.8, 4) is 11.5 Å². The molecule has 3 aromatic rings. The molecule has 0 bridgehead atoms. The van der Waals surface area contributed by atoms with E-state index in [4.69, 9.17) is 16.3 Å². The Balaban J connectivity index is 1.39. The minimum atomic E-state index is -1.39. The number of imide groups is 1. The number of hydrogen-bond acceptors (Lipinski definition) is 4. The van der Waals surface area contributed by atoms with Gasteiger partial charge in [-0.2, -0.15) is 0 Å². The van der Waals surface area contributed by atoms with E-state index in [0.29, 0.717) is 27.8 Å². The number of rotatable bonds is 6. The Kier molecular flexibility index (Phi) is 6.02. The van der Waals surface area contributed by atoms with Crippen LogP contribution in [0.25, 0.3) is 0 Å². The van der Waals surface area contributed by atoms with Crippen molar-refractivity contribution in [1.82, 2.24) is 10.2 Å². The zero-order valence-electron chi connectivity index (χ0n) is 17.5. The Morgan fingerprint density at radius 1 is 1.06 bits per heavy atom. The number of nitrogens with zero attached hydrogens (tertiary/aromatic N) is 1. The number of ether oxygens (including phenoxy) is 1. The summed E-state index contributed by atoms with van der Waals surface area (Å²) in [6, 6.07) is 18.1. The minimum absolute atomic E-state index is 0.416. The standard InChI is InChI=1S/C24H19ClFN3O4/c1-24(15-6-8-16(26)9-7-15)22(31)29(23(32)28-24)14-21(30)27-17-10-12-18(13-11-17)33-20-5-3-2-4-19(20)25/h2-13H,14H2,1H3,(H,27,30)(H,28,32). The molecule has 0 saturated carbocycles. The number of carbonyl (C=O) groups excluding carboxylic acids is 3. The van der Waals surface area contributed by atoms with Gasteiger partial charge in [0.1, 0.15) is 29.4 Å². The molecule has 1 unspecified atom stereocenters. The topological polar surface area (TPSA) is 87.7 Å². The molecular weight excluding hydrogens is 449 g/mol. The van der Waals surface area contributed by atoms with E-state index in [2.05, 4.69) is 10.6 Å². The van der Waals surface area contributed by atoms with Gasteiger partial charge < -0.3 is 15.4 Å². The van der Waals surface area contributed by atoms with Gasteiger partial charge in [0.15, 0.2) is 0 Å². The molecule has 4 amide bonds. The van der Waals surface area contributed by atoms with Crippen LogP contribution in [0.2, 0.25) is 5.02 Å². The van der Waals surface area contributed by atoms with Crippen LogP contribution >= 0.6 is 11.6 Å². The molecule has 2 N–H and O–H groups in total. The second-order valence-corrected chi connectivity index (χ2v) is 7.97. The molecule has 1 fully saturated rings. The van der Waals surface area contributed by atoms with Crippen LogP contribution in [-0.4, -0.2) is 29.3 Å². The second kappa shape index (κ2) is 8.91. The highest BCUT2D eigenvalue weighted by atomic mass is 35.5. The van der Waals surface area contributed by atoms with E-state index in [9.17, 15) is 18.8 Å². The summed E-state index contributed by atoms with van der Waals surface area (Å²) in [5, 5.41) is 5.69. The number of amides is 4. The van der Waals surface area contributed by atoms with Crippen molar-refractivity contribution in [2.24, 2.45) is 0 Å². The van der Waals surface area contributed by atoms with Gasteiger partial charge in [0.2, 0.25) is 5.91 Å². The molecule has 0 spiro atoms. The highest BCUT2D eigenvalue weighted by Gasteiger charge is 2.49. The predicted molar refractivity (Wildman–Crippen MR) is 121 cm³/mol. The number of hydrogen-bond donors (Lipinski definition) is 2. The van der Waals surface area contributed by atoms with Crippen molar-refractivity contribution in [3.63, 3.8) is 0 Å². The lowest BCUT2D eigenvalue weighted by Gasteiger charge is -2.22. The Hall–Kier alpha value is -3.91. The minimum Gasteiger partial charge on any atom is -0.456 e. The quantitative estimate of drug-likeness (QED) is 0.515. The maximum atomic E-state index is 13.2. The highest BCUT2D eigenvalue weighted by molar-refractivity contribution is 6.32. The summed E-state index contributed by atoms with van der Waals surface area (Å²) in [5.74, 6) is -0.595. The van der Waals surface area contributed by atoms with Crippen LogP contribution in [0, 0.1) is 5.82 Å². The average molecular weight is 468 g/mol. The summed E-state index contributed by atoms with van der Waals surface area (Å²) in [6.07, 6.45) is 0. The molecule has 1 aliphatic rings. The van der Waals surface area contributed by atoms with Gasteiger partial charge in [-0.05, 0) is 61.0 Å². The van der Waals surface area contributed by atoms with Gasteiger partial charge in [-0.1, -0.05) is 35.9 Å². The summed E-state index contributed by atoms with van der Waals surface area (Å²) in [7, 11) is 0. The Bertz CT molecular complexity index is 1220. The number of carbonyl (C=O) groups is 3. The second-order valence-electron chi connectivity index (χ2n) is 7.56. The van der Waals surface area contributed by atoms with Crippen molar-refractivity contribution in [2.75, 3.05) is 11.9 Å². The molecule has 4 rings (SSSR count). The number of halogens is 2. The third kappa shape index (κ3) is 4.65. The smallest absolute Gasteiger partial charge is 0.325 e. The van der Waals surface area contributed by atoms with E-state index < -0.39 is 35.7 Å². The van der Waals surface area contributed by atoms with Crippen LogP contribution in [0.4, 0.5) is 14.9 Å². The Labute approximate surface area is 194 Å². The zero-order valence-corrected chi connectivity index (χ0v) is 18.2. The van der Waals surface area contributed by atoms with E-state index >= 15 is 0 Å². The monoisotopic (exact) mass is 467 g/mol. The predicted octanol–water partition coefficient (Wildman–Crippen LogP) is 4.68. The van der Waals surface area contributed by atoms with Crippen molar-refractivity contribution >= 4 is 35.1 Å². The van der Waals surface area contributed by atoms with E-state index in [-0.39, 0.29) is 0 Å². The lowest BCUT2D eigenvalue weighted by atomic mass is 9.92. The molecule has 3 aromatic carbocycles. The summed E-state index contributed by atoms with van der Waals surface area (Å²) in [5.41, 5.74) is -0.512. The summed E-state index contributed by atoms with van der Waals surface area (Å²) in [6.45, 7) is 1.04. The van der Waals surface area contributed by atoms with Crippen LogP contribution in [0.5, 0.6) is 11.5 Å². The van der Waals surface area contributed by atoms with Gasteiger partial charge >= 0.3 is 6.03 Å². The first-order chi connectivity index (χ1) is 15.8. The van der Waals surface area contributed by atoms with E-state index in [1.165, 1.54) is 31.2 Å². The molecule has 7 nitrogen and oxygen atoms in total. The van der Waals surface area contributed by atoms with Gasteiger partial charge in [-0.15, -0.1) is 0 Å². The molecule has 1 aliphatic heterocycles. The summed E-state index contributed by atoms with van der Waals surface area (Å²) < 4.78 is 18.9. The molecule has 0 aromatic heterocycles. The first-order valence-electron chi connectivity index (χ1n) is 9.99. The number of benzene rings is 3. The van der Waals surface area contributed by atoms with E-state index in [0.717, 1.165) is 4.90 Å². The first-order valence-corrected chi connectivity index (χ1v) is 10.4. The summed E-state index contributed by atoms with van der Waals surface area (Å²) in [4.78, 5) is 38.6. The number of nitrogens with one attached hydrogen (secondary N) is 2. The molecule has 0 aliphatic carbocycles. The van der Waals surface area contributed by atoms with Gasteiger partial charge in [0.05, 0.1) is 5.02 Å². The van der Waals surface area contributed by atoms with Gasteiger partial charge in [0.25, 0.3) is 5.91 Å². The van der Waals surface area contributed by atoms with Gasteiger partial charge in [-0.3, -0.25) is 14.5 Å². The number of anilines is 1. The van der Waals surface area contributed by atoms with Crippen LogP contribution in [0.15, 0.2) is 72.8 Å². The van der Waals surface area contributed by atoms with Crippen molar-refractivity contribution in [2.45, 2.75) is 12.5 Å². The number of urea groups is 1. The van der Waals surface area contributed by atoms with Crippen LogP contribution in [0.1, 0.15) is 12.5 Å². The molecule has 9 heteroatoms. The third-order valence-corrected chi connectivity index (χ3v) is 5.51. The van der Waals surface area contributed by atoms with Gasteiger partial charge in [-0.25, -0.2) is 9.18 Å². The molecule has 0 radical (unpaired) electrons. The SMILES string of the molecule is CC1(c2ccc(F)cc2)NC(=O)N(CC(=O)Nc2ccc(Oc3ccccc3Cl)cc2)C1=O. The maximum absolute atomic E-state index is 13.2. The van der Waals surface area contributed by atoms with Crippen molar-refractivity contribution < 1.29 is 23.5 Å². The van der Waals surface area contributed by atoms with Crippen LogP contribution in [-0.2, 0) is 15.1 Å². The normalized spacial score (nSPS) is 17.6. The fourth-order valence-corrected chi connectivity index (χ4v) is 3.60. The zero-order chi connectivity index (χ0) is 23.6. The van der Waals surface area contributed by atoms with E-state index in [1.807, 2.05) is 0 Å². The molecule has 1 atom stereocenters. The first kappa shape index (κ1) is 22.3. The lowest BCUT2D eigenvalue weighted by Crippen LogP contribution is -2.42. The van der Waals surface area contributed by atoms with Crippen molar-refractivity contribution in [1.29, 1.82) is 0 Å². The third-order valence-electron chi connectivity index (χ3n) is 5.20. The molecule has 1 heterocycles. The van der Waals surface area contributed by atoms with Crippen molar-refractivity contribution in [3.05, 3.63) is 89.2 Å². The maximum Gasteiger partial charge on any atom is 0.325 e. The average Bonchev–Trinajstić information content (AvgIpc) is 3.01. The molecular formula is C24H19ClFN3O4.